The molecule has 1 amide bonds. The standard InChI is InChI=1S/C15H13ClFNOS/c16-13-3-1-2-4-14(13)20-10-15(19)18-9-11-5-7-12(17)8-6-11/h1-8H,9-10H2,(H,18,19). The van der Waals surface area contributed by atoms with Crippen LogP contribution in [0.1, 0.15) is 5.56 Å². The summed E-state index contributed by atoms with van der Waals surface area (Å²) >= 11 is 7.40. The first-order chi connectivity index (χ1) is 9.65. The molecule has 2 aromatic carbocycles. The van der Waals surface area contributed by atoms with E-state index in [1.807, 2.05) is 18.2 Å². The molecule has 0 bridgehead atoms. The summed E-state index contributed by atoms with van der Waals surface area (Å²) in [5, 5.41) is 3.43. The molecule has 0 heterocycles. The lowest BCUT2D eigenvalue weighted by atomic mass is 10.2. The highest BCUT2D eigenvalue weighted by molar-refractivity contribution is 8.00. The Kier molecular flexibility index (Phi) is 5.44. The number of rotatable bonds is 5. The van der Waals surface area contributed by atoms with E-state index in [4.69, 9.17) is 11.6 Å². The van der Waals surface area contributed by atoms with Crippen molar-refractivity contribution in [1.29, 1.82) is 0 Å². The maximum absolute atomic E-state index is 12.7. The number of hydrogen-bond donors (Lipinski definition) is 1. The fraction of sp³-hybridized carbons (Fsp3) is 0.133. The van der Waals surface area contributed by atoms with Crippen LogP contribution in [-0.4, -0.2) is 11.7 Å². The number of amides is 1. The van der Waals surface area contributed by atoms with Crippen molar-refractivity contribution >= 4 is 29.3 Å². The number of benzene rings is 2. The fourth-order valence-corrected chi connectivity index (χ4v) is 2.63. The average molecular weight is 310 g/mol. The molecule has 0 radical (unpaired) electrons. The molecule has 0 unspecified atom stereocenters. The minimum absolute atomic E-state index is 0.0840. The summed E-state index contributed by atoms with van der Waals surface area (Å²) in [5.74, 6) is -0.0705. The van der Waals surface area contributed by atoms with E-state index in [2.05, 4.69) is 5.32 Å². The van der Waals surface area contributed by atoms with Gasteiger partial charge in [0.25, 0.3) is 0 Å². The van der Waals surface area contributed by atoms with Crippen LogP contribution in [0.2, 0.25) is 5.02 Å². The Bertz CT molecular complexity index is 589. The molecule has 104 valence electrons. The molecule has 0 atom stereocenters. The second-order valence-electron chi connectivity index (χ2n) is 4.12. The molecular weight excluding hydrogens is 297 g/mol. The van der Waals surface area contributed by atoms with Crippen molar-refractivity contribution in [3.8, 4) is 0 Å². The van der Waals surface area contributed by atoms with Gasteiger partial charge in [-0.1, -0.05) is 35.9 Å². The van der Waals surface area contributed by atoms with Crippen LogP contribution in [0.25, 0.3) is 0 Å². The quantitative estimate of drug-likeness (QED) is 0.849. The second kappa shape index (κ2) is 7.31. The number of halogens is 2. The van der Waals surface area contributed by atoms with Crippen molar-refractivity contribution in [2.75, 3.05) is 5.75 Å². The zero-order chi connectivity index (χ0) is 14.4. The Labute approximate surface area is 126 Å². The highest BCUT2D eigenvalue weighted by Crippen LogP contribution is 2.26. The number of thioether (sulfide) groups is 1. The van der Waals surface area contributed by atoms with Crippen LogP contribution in [0.15, 0.2) is 53.4 Å². The van der Waals surface area contributed by atoms with E-state index in [1.54, 1.807) is 18.2 Å². The first-order valence-electron chi connectivity index (χ1n) is 6.03. The molecule has 0 fully saturated rings. The number of carbonyl (C=O) groups excluding carboxylic acids is 1. The van der Waals surface area contributed by atoms with Crippen LogP contribution in [0.3, 0.4) is 0 Å². The van der Waals surface area contributed by atoms with Crippen molar-refractivity contribution in [1.82, 2.24) is 5.32 Å². The van der Waals surface area contributed by atoms with Crippen LogP contribution in [0.5, 0.6) is 0 Å². The summed E-state index contributed by atoms with van der Waals surface area (Å²) in [7, 11) is 0. The van der Waals surface area contributed by atoms with Gasteiger partial charge in [-0.3, -0.25) is 4.79 Å². The minimum Gasteiger partial charge on any atom is -0.351 e. The van der Waals surface area contributed by atoms with E-state index in [0.29, 0.717) is 17.3 Å². The van der Waals surface area contributed by atoms with Gasteiger partial charge in [-0.15, -0.1) is 11.8 Å². The van der Waals surface area contributed by atoms with Crippen molar-refractivity contribution < 1.29 is 9.18 Å². The lowest BCUT2D eigenvalue weighted by molar-refractivity contribution is -0.118. The molecule has 0 aliphatic carbocycles. The monoisotopic (exact) mass is 309 g/mol. The SMILES string of the molecule is O=C(CSc1ccccc1Cl)NCc1ccc(F)cc1. The van der Waals surface area contributed by atoms with E-state index in [-0.39, 0.29) is 11.7 Å². The zero-order valence-corrected chi connectivity index (χ0v) is 12.2. The third-order valence-corrected chi connectivity index (χ3v) is 4.11. The number of carbonyl (C=O) groups is 1. The maximum Gasteiger partial charge on any atom is 0.230 e. The minimum atomic E-state index is -0.283. The van der Waals surface area contributed by atoms with Crippen LogP contribution in [0, 0.1) is 5.82 Å². The third kappa shape index (κ3) is 4.54. The molecule has 2 aromatic rings. The van der Waals surface area contributed by atoms with Crippen LogP contribution >= 0.6 is 23.4 Å². The Balaban J connectivity index is 1.78. The smallest absolute Gasteiger partial charge is 0.230 e. The van der Waals surface area contributed by atoms with Gasteiger partial charge in [0.05, 0.1) is 10.8 Å². The van der Waals surface area contributed by atoms with Gasteiger partial charge in [0, 0.05) is 11.4 Å². The predicted octanol–water partition coefficient (Wildman–Crippen LogP) is 3.89. The highest BCUT2D eigenvalue weighted by atomic mass is 35.5. The first-order valence-corrected chi connectivity index (χ1v) is 7.40. The van der Waals surface area contributed by atoms with Crippen molar-refractivity contribution in [2.24, 2.45) is 0 Å². The molecule has 0 aromatic heterocycles. The normalized spacial score (nSPS) is 10.3. The van der Waals surface area contributed by atoms with E-state index < -0.39 is 0 Å². The first kappa shape index (κ1) is 14.9. The van der Waals surface area contributed by atoms with Crippen molar-refractivity contribution in [2.45, 2.75) is 11.4 Å². The summed E-state index contributed by atoms with van der Waals surface area (Å²) in [4.78, 5) is 12.6. The molecule has 20 heavy (non-hydrogen) atoms. The molecule has 2 nitrogen and oxygen atoms in total. The van der Waals surface area contributed by atoms with Crippen LogP contribution < -0.4 is 5.32 Å². The summed E-state index contributed by atoms with van der Waals surface area (Å²) in [6.07, 6.45) is 0. The zero-order valence-electron chi connectivity index (χ0n) is 10.6. The molecule has 0 saturated heterocycles. The summed E-state index contributed by atoms with van der Waals surface area (Å²) in [6, 6.07) is 13.4. The van der Waals surface area contributed by atoms with Gasteiger partial charge in [-0.25, -0.2) is 4.39 Å². The fourth-order valence-electron chi connectivity index (χ4n) is 1.56. The van der Waals surface area contributed by atoms with E-state index in [0.717, 1.165) is 10.5 Å². The van der Waals surface area contributed by atoms with Crippen LogP contribution in [-0.2, 0) is 11.3 Å². The predicted molar refractivity (Wildman–Crippen MR) is 80.4 cm³/mol. The van der Waals surface area contributed by atoms with Crippen molar-refractivity contribution in [3.63, 3.8) is 0 Å². The van der Waals surface area contributed by atoms with Gasteiger partial charge < -0.3 is 5.32 Å². The molecule has 5 heteroatoms. The average Bonchev–Trinajstić information content (AvgIpc) is 2.46. The summed E-state index contributed by atoms with van der Waals surface area (Å²) < 4.78 is 12.7. The maximum atomic E-state index is 12.7. The van der Waals surface area contributed by atoms with E-state index in [1.165, 1.54) is 23.9 Å². The van der Waals surface area contributed by atoms with Gasteiger partial charge in [-0.05, 0) is 29.8 Å². The molecule has 0 aliphatic heterocycles. The Morgan fingerprint density at radius 1 is 1.15 bits per heavy atom. The molecule has 0 spiro atoms. The topological polar surface area (TPSA) is 29.1 Å². The second-order valence-corrected chi connectivity index (χ2v) is 5.55. The number of nitrogens with one attached hydrogen (secondary N) is 1. The molecule has 1 N–H and O–H groups in total. The lowest BCUT2D eigenvalue weighted by Crippen LogP contribution is -2.24. The third-order valence-electron chi connectivity index (χ3n) is 2.60. The Morgan fingerprint density at radius 2 is 1.85 bits per heavy atom. The lowest BCUT2D eigenvalue weighted by Gasteiger charge is -2.06. The highest BCUT2D eigenvalue weighted by Gasteiger charge is 2.05. The van der Waals surface area contributed by atoms with E-state index in [9.17, 15) is 9.18 Å². The molecular formula is C15H13ClFNOS. The molecule has 0 saturated carbocycles. The van der Waals surface area contributed by atoms with Crippen LogP contribution in [0.4, 0.5) is 4.39 Å². The largest absolute Gasteiger partial charge is 0.351 e. The molecule has 0 aliphatic rings. The van der Waals surface area contributed by atoms with Gasteiger partial charge >= 0.3 is 0 Å². The summed E-state index contributed by atoms with van der Waals surface area (Å²) in [5.41, 5.74) is 0.863. The van der Waals surface area contributed by atoms with Gasteiger partial charge in [-0.2, -0.15) is 0 Å². The number of hydrogen-bond acceptors (Lipinski definition) is 2. The van der Waals surface area contributed by atoms with Gasteiger partial charge in [0.1, 0.15) is 5.82 Å². The summed E-state index contributed by atoms with van der Waals surface area (Å²) in [6.45, 7) is 0.391. The van der Waals surface area contributed by atoms with Gasteiger partial charge in [0.15, 0.2) is 0 Å². The van der Waals surface area contributed by atoms with E-state index >= 15 is 0 Å². The van der Waals surface area contributed by atoms with Crippen molar-refractivity contribution in [3.05, 3.63) is 64.9 Å². The Morgan fingerprint density at radius 3 is 2.55 bits per heavy atom. The Hall–Kier alpha value is -1.52. The van der Waals surface area contributed by atoms with Gasteiger partial charge in [0.2, 0.25) is 5.91 Å². The molecule has 2 rings (SSSR count).